The maximum absolute atomic E-state index is 10.6. The lowest BCUT2D eigenvalue weighted by Crippen LogP contribution is -2.12. The second kappa shape index (κ2) is 12.9. The molecule has 0 unspecified atom stereocenters. The molecule has 0 aliphatic rings. The zero-order valence-electron chi connectivity index (χ0n) is 13.8. The summed E-state index contributed by atoms with van der Waals surface area (Å²) in [4.78, 5) is 59.4. The summed E-state index contributed by atoms with van der Waals surface area (Å²) in [5.74, 6) is -1.76. The van der Waals surface area contributed by atoms with Crippen LogP contribution in [0.15, 0.2) is 0 Å². The Labute approximate surface area is 129 Å². The first kappa shape index (κ1) is 22.5. The molecule has 8 nitrogen and oxygen atoms in total. The van der Waals surface area contributed by atoms with E-state index in [-0.39, 0.29) is 36.6 Å². The van der Waals surface area contributed by atoms with Gasteiger partial charge in [0.15, 0.2) is 0 Å². The highest BCUT2D eigenvalue weighted by molar-refractivity contribution is 5.94. The summed E-state index contributed by atoms with van der Waals surface area (Å²) >= 11 is 0. The van der Waals surface area contributed by atoms with E-state index >= 15 is 0 Å². The topological polar surface area (TPSA) is 105 Å². The van der Waals surface area contributed by atoms with Crippen LogP contribution < -0.4 is 0 Å². The van der Waals surface area contributed by atoms with E-state index in [0.717, 1.165) is 0 Å². The number of Topliss-reactive ketones (excluding diaryl/α,β-unsaturated/α-hetero) is 2. The quantitative estimate of drug-likeness (QED) is 0.378. The van der Waals surface area contributed by atoms with E-state index in [1.165, 1.54) is 13.8 Å². The van der Waals surface area contributed by atoms with E-state index in [2.05, 4.69) is 19.6 Å². The van der Waals surface area contributed by atoms with Gasteiger partial charge in [0.2, 0.25) is 0 Å². The second-order valence-corrected chi connectivity index (χ2v) is 4.96. The molecule has 0 aromatic carbocycles. The minimum Gasteiger partial charge on any atom is -0.299 e. The molecule has 0 atom stereocenters. The number of hydrogen-bond acceptors (Lipinski definition) is 8. The highest BCUT2D eigenvalue weighted by Crippen LogP contribution is 1.94. The van der Waals surface area contributed by atoms with Crippen molar-refractivity contribution in [1.82, 2.24) is 0 Å². The van der Waals surface area contributed by atoms with Crippen LogP contribution in [0.3, 0.4) is 0 Å². The van der Waals surface area contributed by atoms with Crippen LogP contribution in [0.1, 0.15) is 54.4 Å². The first-order valence-electron chi connectivity index (χ1n) is 6.75. The van der Waals surface area contributed by atoms with Gasteiger partial charge in [-0.25, -0.2) is 9.59 Å². The van der Waals surface area contributed by atoms with E-state index in [0.29, 0.717) is 0 Å². The van der Waals surface area contributed by atoms with Crippen LogP contribution in [0.2, 0.25) is 0 Å². The van der Waals surface area contributed by atoms with E-state index in [1.807, 2.05) is 0 Å². The van der Waals surface area contributed by atoms with Gasteiger partial charge < -0.3 is 0 Å². The van der Waals surface area contributed by atoms with Crippen molar-refractivity contribution in [2.75, 3.05) is 0 Å². The molecule has 0 aliphatic heterocycles. The van der Waals surface area contributed by atoms with Gasteiger partial charge in [0.05, 0.1) is 12.2 Å². The van der Waals surface area contributed by atoms with Gasteiger partial charge in [-0.3, -0.25) is 19.4 Å². The summed E-state index contributed by atoms with van der Waals surface area (Å²) in [5.41, 5.74) is 0. The summed E-state index contributed by atoms with van der Waals surface area (Å²) in [6, 6.07) is 0. The van der Waals surface area contributed by atoms with Gasteiger partial charge in [-0.05, 0) is 41.5 Å². The zero-order valence-corrected chi connectivity index (χ0v) is 13.8. The molecule has 0 radical (unpaired) electrons. The second-order valence-electron chi connectivity index (χ2n) is 4.96. The van der Waals surface area contributed by atoms with Crippen LogP contribution in [-0.4, -0.2) is 35.7 Å². The monoisotopic (exact) mass is 320 g/mol. The third-order valence-electron chi connectivity index (χ3n) is 1.45. The van der Waals surface area contributed by atoms with Gasteiger partial charge >= 0.3 is 11.9 Å². The molecule has 0 saturated carbocycles. The van der Waals surface area contributed by atoms with E-state index in [1.54, 1.807) is 27.7 Å². The van der Waals surface area contributed by atoms with Gasteiger partial charge in [0.25, 0.3) is 0 Å². The minimum atomic E-state index is -0.647. The molecule has 0 fully saturated rings. The van der Waals surface area contributed by atoms with Gasteiger partial charge in [0.1, 0.15) is 24.4 Å². The Balaban J connectivity index is 0. The maximum Gasteiger partial charge on any atom is 0.349 e. The van der Waals surface area contributed by atoms with E-state index in [9.17, 15) is 19.2 Å². The van der Waals surface area contributed by atoms with E-state index < -0.39 is 11.9 Å². The fourth-order valence-corrected chi connectivity index (χ4v) is 0.765. The first-order chi connectivity index (χ1) is 10.0. The fourth-order valence-electron chi connectivity index (χ4n) is 0.765. The maximum atomic E-state index is 10.6. The molecule has 0 amide bonds. The summed E-state index contributed by atoms with van der Waals surface area (Å²) in [6.45, 7) is 9.53. The Morgan fingerprint density at radius 1 is 0.682 bits per heavy atom. The van der Waals surface area contributed by atoms with Crippen LogP contribution in [0, 0.1) is 0 Å². The van der Waals surface area contributed by atoms with Crippen molar-refractivity contribution in [3.63, 3.8) is 0 Å². The molecule has 0 heterocycles. The molecule has 0 spiro atoms. The number of ketones is 2. The van der Waals surface area contributed by atoms with Crippen LogP contribution in [0.25, 0.3) is 0 Å². The van der Waals surface area contributed by atoms with Crippen LogP contribution in [0.4, 0.5) is 0 Å². The molecule has 0 aromatic rings. The number of rotatable bonds is 8. The lowest BCUT2D eigenvalue weighted by Gasteiger charge is -2.04. The summed E-state index contributed by atoms with van der Waals surface area (Å²) in [7, 11) is 0. The van der Waals surface area contributed by atoms with Crippen molar-refractivity contribution in [2.45, 2.75) is 66.6 Å². The van der Waals surface area contributed by atoms with E-state index in [4.69, 9.17) is 0 Å². The smallest absolute Gasteiger partial charge is 0.299 e. The van der Waals surface area contributed by atoms with Gasteiger partial charge in [-0.1, -0.05) is 0 Å². The molecule has 128 valence electrons. The molecule has 0 aliphatic carbocycles. The molecule has 22 heavy (non-hydrogen) atoms. The Morgan fingerprint density at radius 2 is 0.955 bits per heavy atom. The Kier molecular flexibility index (Phi) is 13.2. The first-order valence-corrected chi connectivity index (χ1v) is 6.75. The van der Waals surface area contributed by atoms with Crippen LogP contribution in [-0.2, 0) is 38.7 Å². The standard InChI is InChI=1S/2C7H12O4/c2*1-5(2)10-11-7(9)4-6(3)8/h2*5H,4H2,1-3H3. The summed E-state index contributed by atoms with van der Waals surface area (Å²) in [5, 5.41) is 0. The summed E-state index contributed by atoms with van der Waals surface area (Å²) in [6.07, 6.45) is -0.809. The van der Waals surface area contributed by atoms with Gasteiger partial charge in [-0.15, -0.1) is 0 Å². The Morgan fingerprint density at radius 3 is 1.14 bits per heavy atom. The number of hydrogen-bond donors (Lipinski definition) is 0. The molecular weight excluding hydrogens is 296 g/mol. The third kappa shape index (κ3) is 20.5. The predicted octanol–water partition coefficient (Wildman–Crippen LogP) is 1.70. The molecular formula is C14H24O8. The normalized spacial score (nSPS) is 9.82. The minimum absolute atomic E-state index is 0.175. The van der Waals surface area contributed by atoms with Crippen molar-refractivity contribution in [2.24, 2.45) is 0 Å². The molecule has 0 N–H and O–H groups in total. The van der Waals surface area contributed by atoms with Crippen molar-refractivity contribution >= 4 is 23.5 Å². The SMILES string of the molecule is CC(=O)CC(=O)OOC(C)C.CC(=O)CC(=O)OOC(C)C. The molecule has 8 heteroatoms. The molecule has 0 rings (SSSR count). The average molecular weight is 320 g/mol. The van der Waals surface area contributed by atoms with Crippen LogP contribution in [0.5, 0.6) is 0 Å². The fraction of sp³-hybridized carbons (Fsp3) is 0.714. The van der Waals surface area contributed by atoms with Crippen molar-refractivity contribution < 1.29 is 38.7 Å². The lowest BCUT2D eigenvalue weighted by molar-refractivity contribution is -0.290. The third-order valence-corrected chi connectivity index (χ3v) is 1.45. The molecule has 0 saturated heterocycles. The van der Waals surface area contributed by atoms with Crippen LogP contribution >= 0.6 is 0 Å². The highest BCUT2D eigenvalue weighted by atomic mass is 17.2. The average Bonchev–Trinajstić information content (AvgIpc) is 2.33. The highest BCUT2D eigenvalue weighted by Gasteiger charge is 2.08. The Hall–Kier alpha value is -1.80. The predicted molar refractivity (Wildman–Crippen MR) is 75.2 cm³/mol. The lowest BCUT2D eigenvalue weighted by atomic mass is 10.3. The largest absolute Gasteiger partial charge is 0.349 e. The number of carbonyl (C=O) groups is 4. The Bertz CT molecular complexity index is 337. The van der Waals surface area contributed by atoms with Gasteiger partial charge in [-0.2, -0.15) is 9.78 Å². The molecule has 0 bridgehead atoms. The van der Waals surface area contributed by atoms with Crippen molar-refractivity contribution in [3.8, 4) is 0 Å². The van der Waals surface area contributed by atoms with Crippen molar-refractivity contribution in [3.05, 3.63) is 0 Å². The summed E-state index contributed by atoms with van der Waals surface area (Å²) < 4.78 is 0. The van der Waals surface area contributed by atoms with Gasteiger partial charge in [0, 0.05) is 0 Å². The zero-order chi connectivity index (χ0) is 17.7. The van der Waals surface area contributed by atoms with Crippen molar-refractivity contribution in [1.29, 1.82) is 0 Å². The molecule has 0 aromatic heterocycles. The number of carbonyl (C=O) groups excluding carboxylic acids is 4.